The third-order valence-electron chi connectivity index (χ3n) is 5.70. The van der Waals surface area contributed by atoms with Gasteiger partial charge in [0, 0.05) is 25.3 Å². The maximum atomic E-state index is 13.9. The molecule has 0 aliphatic rings. The SMILES string of the molecule is CCCCN(CCCOCc1ccccc1-c1nc(NS(=O)(=O)c2cccc(F)n2)ccc1C(F)(F)F)C(=O)O. The van der Waals surface area contributed by atoms with E-state index in [2.05, 4.69) is 9.97 Å². The number of hydrogen-bond acceptors (Lipinski definition) is 6. The summed E-state index contributed by atoms with van der Waals surface area (Å²) in [5, 5.41) is 8.62. The van der Waals surface area contributed by atoms with Gasteiger partial charge in [0.1, 0.15) is 5.82 Å². The van der Waals surface area contributed by atoms with Crippen molar-refractivity contribution in [1.29, 1.82) is 0 Å². The van der Waals surface area contributed by atoms with E-state index < -0.39 is 50.3 Å². The topological polar surface area (TPSA) is 122 Å². The number of ether oxygens (including phenoxy) is 1. The van der Waals surface area contributed by atoms with Gasteiger partial charge in [-0.1, -0.05) is 43.7 Å². The van der Waals surface area contributed by atoms with Crippen LogP contribution in [0.25, 0.3) is 11.3 Å². The standard InChI is InChI=1S/C26H28F4N4O5S/c1-2-3-14-34(25(35)36)15-7-16-39-17-18-8-4-5-9-19(18)24-20(26(28,29)30)12-13-22(32-24)33-40(37,38)23-11-6-10-21(27)31-23/h4-6,8-13H,2-3,7,14-17H2,1H3,(H,32,33)(H,35,36). The van der Waals surface area contributed by atoms with Crippen molar-refractivity contribution in [1.82, 2.24) is 14.9 Å². The summed E-state index contributed by atoms with van der Waals surface area (Å²) in [6.07, 6.45) is -3.89. The molecule has 2 aromatic heterocycles. The first-order chi connectivity index (χ1) is 18.9. The van der Waals surface area contributed by atoms with Crippen LogP contribution in [0.4, 0.5) is 28.2 Å². The summed E-state index contributed by atoms with van der Waals surface area (Å²) in [6.45, 7) is 2.66. The lowest BCUT2D eigenvalue weighted by Gasteiger charge is -2.19. The second-order valence-electron chi connectivity index (χ2n) is 8.68. The lowest BCUT2D eigenvalue weighted by Crippen LogP contribution is -2.32. The van der Waals surface area contributed by atoms with E-state index in [0.29, 0.717) is 24.6 Å². The number of alkyl halides is 3. The van der Waals surface area contributed by atoms with Crippen LogP contribution in [-0.2, 0) is 27.5 Å². The molecular formula is C26H28F4N4O5S. The molecule has 0 fully saturated rings. The lowest BCUT2D eigenvalue weighted by atomic mass is 10.00. The Kier molecular flexibility index (Phi) is 10.4. The number of aromatic nitrogens is 2. The van der Waals surface area contributed by atoms with Gasteiger partial charge < -0.3 is 14.7 Å². The van der Waals surface area contributed by atoms with Crippen LogP contribution in [0.15, 0.2) is 59.6 Å². The maximum Gasteiger partial charge on any atom is 0.418 e. The average Bonchev–Trinajstić information content (AvgIpc) is 2.89. The monoisotopic (exact) mass is 584 g/mol. The molecule has 2 heterocycles. The van der Waals surface area contributed by atoms with Crippen LogP contribution in [0.1, 0.15) is 37.3 Å². The minimum atomic E-state index is -4.81. The van der Waals surface area contributed by atoms with E-state index in [1.165, 1.54) is 17.0 Å². The molecule has 0 saturated carbocycles. The Bertz CT molecular complexity index is 1420. The summed E-state index contributed by atoms with van der Waals surface area (Å²) in [5.74, 6) is -1.47. The molecule has 0 atom stereocenters. The Labute approximate surface area is 228 Å². The number of pyridine rings is 2. The number of halogens is 4. The van der Waals surface area contributed by atoms with E-state index in [0.717, 1.165) is 37.1 Å². The van der Waals surface area contributed by atoms with Crippen molar-refractivity contribution in [3.8, 4) is 11.3 Å². The number of anilines is 1. The fraction of sp³-hybridized carbons (Fsp3) is 0.346. The van der Waals surface area contributed by atoms with Crippen LogP contribution in [0, 0.1) is 5.95 Å². The first-order valence-electron chi connectivity index (χ1n) is 12.3. The van der Waals surface area contributed by atoms with E-state index in [4.69, 9.17) is 4.74 Å². The van der Waals surface area contributed by atoms with Crippen LogP contribution in [0.5, 0.6) is 0 Å². The van der Waals surface area contributed by atoms with Crippen molar-refractivity contribution in [2.75, 3.05) is 24.4 Å². The summed E-state index contributed by atoms with van der Waals surface area (Å²) >= 11 is 0. The lowest BCUT2D eigenvalue weighted by molar-refractivity contribution is -0.137. The van der Waals surface area contributed by atoms with Crippen molar-refractivity contribution in [2.45, 2.75) is 44.0 Å². The summed E-state index contributed by atoms with van der Waals surface area (Å²) in [7, 11) is -4.45. The van der Waals surface area contributed by atoms with Crippen molar-refractivity contribution in [3.63, 3.8) is 0 Å². The Morgan fingerprint density at radius 3 is 2.42 bits per heavy atom. The van der Waals surface area contributed by atoms with Crippen LogP contribution in [0.2, 0.25) is 0 Å². The summed E-state index contributed by atoms with van der Waals surface area (Å²) < 4.78 is 88.1. The van der Waals surface area contributed by atoms with Crippen LogP contribution in [-0.4, -0.2) is 54.2 Å². The fourth-order valence-electron chi connectivity index (χ4n) is 3.75. The number of nitrogens with one attached hydrogen (secondary N) is 1. The summed E-state index contributed by atoms with van der Waals surface area (Å²) in [5.41, 5.74) is -1.21. The predicted molar refractivity (Wildman–Crippen MR) is 138 cm³/mol. The van der Waals surface area contributed by atoms with Crippen LogP contribution >= 0.6 is 0 Å². The normalized spacial score (nSPS) is 11.8. The Hall–Kier alpha value is -3.78. The second kappa shape index (κ2) is 13.5. The minimum absolute atomic E-state index is 0.0647. The largest absolute Gasteiger partial charge is 0.465 e. The zero-order valence-electron chi connectivity index (χ0n) is 21.5. The quantitative estimate of drug-likeness (QED) is 0.148. The Morgan fingerprint density at radius 2 is 1.75 bits per heavy atom. The van der Waals surface area contributed by atoms with Crippen LogP contribution < -0.4 is 4.72 Å². The zero-order chi connectivity index (χ0) is 29.3. The van der Waals surface area contributed by atoms with Crippen molar-refractivity contribution in [2.24, 2.45) is 0 Å². The Balaban J connectivity index is 1.82. The fourth-order valence-corrected chi connectivity index (χ4v) is 4.71. The number of benzene rings is 1. The van der Waals surface area contributed by atoms with E-state index in [-0.39, 0.29) is 25.3 Å². The van der Waals surface area contributed by atoms with Gasteiger partial charge in [0.15, 0.2) is 5.03 Å². The third kappa shape index (κ3) is 8.36. The number of carboxylic acid groups (broad SMARTS) is 1. The number of sulfonamides is 1. The molecule has 1 aromatic carbocycles. The third-order valence-corrected chi connectivity index (χ3v) is 6.96. The molecule has 0 radical (unpaired) electrons. The first-order valence-corrected chi connectivity index (χ1v) is 13.8. The number of nitrogens with zero attached hydrogens (tertiary/aromatic N) is 3. The van der Waals surface area contributed by atoms with Gasteiger partial charge in [0.2, 0.25) is 5.95 Å². The molecule has 0 bridgehead atoms. The molecule has 0 aliphatic carbocycles. The molecule has 0 unspecified atom stereocenters. The van der Waals surface area contributed by atoms with Gasteiger partial charge >= 0.3 is 12.3 Å². The molecule has 0 spiro atoms. The van der Waals surface area contributed by atoms with E-state index >= 15 is 0 Å². The molecule has 0 saturated heterocycles. The molecule has 14 heteroatoms. The summed E-state index contributed by atoms with van der Waals surface area (Å²) in [6, 6.07) is 10.7. The van der Waals surface area contributed by atoms with Crippen LogP contribution in [0.3, 0.4) is 0 Å². The highest BCUT2D eigenvalue weighted by atomic mass is 32.2. The molecule has 216 valence electrons. The smallest absolute Gasteiger partial charge is 0.418 e. The second-order valence-corrected chi connectivity index (χ2v) is 10.3. The maximum absolute atomic E-state index is 13.9. The molecule has 9 nitrogen and oxygen atoms in total. The van der Waals surface area contributed by atoms with E-state index in [1.807, 2.05) is 11.6 Å². The number of hydrogen-bond donors (Lipinski definition) is 2. The van der Waals surface area contributed by atoms with Crippen molar-refractivity contribution in [3.05, 3.63) is 71.7 Å². The molecule has 40 heavy (non-hydrogen) atoms. The Morgan fingerprint density at radius 1 is 1.02 bits per heavy atom. The molecule has 0 aliphatic heterocycles. The molecule has 1 amide bonds. The zero-order valence-corrected chi connectivity index (χ0v) is 22.3. The highest BCUT2D eigenvalue weighted by Crippen LogP contribution is 2.38. The van der Waals surface area contributed by atoms with Gasteiger partial charge in [-0.25, -0.2) is 14.8 Å². The van der Waals surface area contributed by atoms with E-state index in [9.17, 15) is 35.9 Å². The molecule has 3 rings (SSSR count). The molecular weight excluding hydrogens is 556 g/mol. The highest BCUT2D eigenvalue weighted by molar-refractivity contribution is 7.92. The van der Waals surface area contributed by atoms with Crippen molar-refractivity contribution < 1.29 is 40.6 Å². The van der Waals surface area contributed by atoms with Gasteiger partial charge in [-0.05, 0) is 42.7 Å². The van der Waals surface area contributed by atoms with E-state index in [1.54, 1.807) is 12.1 Å². The first kappa shape index (κ1) is 30.8. The number of rotatable bonds is 13. The predicted octanol–water partition coefficient (Wildman–Crippen LogP) is 5.79. The average molecular weight is 585 g/mol. The molecule has 2 N–H and O–H groups in total. The van der Waals surface area contributed by atoms with Crippen molar-refractivity contribution >= 4 is 21.9 Å². The molecule has 3 aromatic rings. The minimum Gasteiger partial charge on any atom is -0.465 e. The van der Waals surface area contributed by atoms with Gasteiger partial charge in [0.05, 0.1) is 17.9 Å². The summed E-state index contributed by atoms with van der Waals surface area (Å²) in [4.78, 5) is 19.9. The van der Waals surface area contributed by atoms with Gasteiger partial charge in [-0.15, -0.1) is 0 Å². The number of carbonyl (C=O) groups is 1. The number of unbranched alkanes of at least 4 members (excludes halogenated alkanes) is 1. The highest BCUT2D eigenvalue weighted by Gasteiger charge is 2.35. The van der Waals surface area contributed by atoms with Gasteiger partial charge in [0.25, 0.3) is 10.0 Å². The number of amides is 1. The van der Waals surface area contributed by atoms with Gasteiger partial charge in [-0.2, -0.15) is 26.0 Å². The van der Waals surface area contributed by atoms with Gasteiger partial charge in [-0.3, -0.25) is 4.72 Å².